The number of nitrogens with two attached hydrogens (primary N) is 1. The molecule has 2 rings (SSSR count). The van der Waals surface area contributed by atoms with Crippen LogP contribution in [0.4, 0.5) is 10.1 Å². The molecular weight excluding hydrogens is 267 g/mol. The van der Waals surface area contributed by atoms with E-state index in [4.69, 9.17) is 5.73 Å². The minimum Gasteiger partial charge on any atom is -0.399 e. The largest absolute Gasteiger partial charge is 0.399 e. The fourth-order valence-electron chi connectivity index (χ4n) is 2.31. The van der Waals surface area contributed by atoms with Crippen LogP contribution in [0.15, 0.2) is 36.4 Å². The van der Waals surface area contributed by atoms with Crippen LogP contribution in [-0.4, -0.2) is 17.9 Å². The molecule has 0 atom stereocenters. The lowest BCUT2D eigenvalue weighted by Crippen LogP contribution is -2.26. The number of anilines is 1. The number of aryl methyl sites for hydroxylation is 2. The maximum absolute atomic E-state index is 13.3. The Morgan fingerprint density at radius 3 is 2.52 bits per heavy atom. The van der Waals surface area contributed by atoms with Gasteiger partial charge < -0.3 is 10.6 Å². The monoisotopic (exact) mass is 286 g/mol. The highest BCUT2D eigenvalue weighted by Gasteiger charge is 2.14. The Morgan fingerprint density at radius 2 is 1.90 bits per heavy atom. The summed E-state index contributed by atoms with van der Waals surface area (Å²) in [4.78, 5) is 13.9. The zero-order chi connectivity index (χ0) is 15.6. The van der Waals surface area contributed by atoms with E-state index in [1.165, 1.54) is 23.8 Å². The summed E-state index contributed by atoms with van der Waals surface area (Å²) in [5, 5.41) is 0. The lowest BCUT2D eigenvalue weighted by Gasteiger charge is -2.19. The molecule has 21 heavy (non-hydrogen) atoms. The van der Waals surface area contributed by atoms with Crippen molar-refractivity contribution in [3.63, 3.8) is 0 Å². The van der Waals surface area contributed by atoms with Crippen molar-refractivity contribution in [1.82, 2.24) is 4.90 Å². The normalized spacial score (nSPS) is 10.5. The van der Waals surface area contributed by atoms with Crippen LogP contribution in [0.25, 0.3) is 0 Å². The first-order chi connectivity index (χ1) is 9.86. The van der Waals surface area contributed by atoms with Gasteiger partial charge in [0.05, 0.1) is 0 Å². The number of carbonyl (C=O) groups excluding carboxylic acids is 1. The fourth-order valence-corrected chi connectivity index (χ4v) is 2.31. The highest BCUT2D eigenvalue weighted by molar-refractivity contribution is 5.94. The van der Waals surface area contributed by atoms with Crippen LogP contribution in [0.1, 0.15) is 27.0 Å². The first-order valence-corrected chi connectivity index (χ1v) is 6.74. The van der Waals surface area contributed by atoms with E-state index >= 15 is 0 Å². The summed E-state index contributed by atoms with van der Waals surface area (Å²) in [7, 11) is 1.70. The summed E-state index contributed by atoms with van der Waals surface area (Å²) < 4.78 is 13.3. The van der Waals surface area contributed by atoms with Crippen molar-refractivity contribution in [2.75, 3.05) is 12.8 Å². The van der Waals surface area contributed by atoms with Crippen LogP contribution in [0.3, 0.4) is 0 Å². The summed E-state index contributed by atoms with van der Waals surface area (Å²) in [6, 6.07) is 9.99. The molecule has 1 amide bonds. The smallest absolute Gasteiger partial charge is 0.254 e. The van der Waals surface area contributed by atoms with Gasteiger partial charge in [0.2, 0.25) is 0 Å². The third kappa shape index (κ3) is 3.60. The molecule has 0 unspecified atom stereocenters. The molecule has 3 nitrogen and oxygen atoms in total. The van der Waals surface area contributed by atoms with E-state index in [1.807, 2.05) is 26.0 Å². The Hall–Kier alpha value is -2.36. The third-order valence-corrected chi connectivity index (χ3v) is 3.42. The lowest BCUT2D eigenvalue weighted by molar-refractivity contribution is 0.0784. The van der Waals surface area contributed by atoms with E-state index in [0.717, 1.165) is 11.1 Å². The molecule has 0 saturated carbocycles. The summed E-state index contributed by atoms with van der Waals surface area (Å²) in [6.07, 6.45) is 0. The van der Waals surface area contributed by atoms with Gasteiger partial charge in [-0.15, -0.1) is 0 Å². The Bertz CT molecular complexity index is 662. The van der Waals surface area contributed by atoms with Crippen molar-refractivity contribution in [2.45, 2.75) is 20.4 Å². The van der Waals surface area contributed by atoms with Gasteiger partial charge in [-0.25, -0.2) is 4.39 Å². The van der Waals surface area contributed by atoms with Crippen LogP contribution >= 0.6 is 0 Å². The van der Waals surface area contributed by atoms with Gasteiger partial charge in [-0.3, -0.25) is 4.79 Å². The first-order valence-electron chi connectivity index (χ1n) is 6.74. The quantitative estimate of drug-likeness (QED) is 0.880. The second kappa shape index (κ2) is 5.95. The Kier molecular flexibility index (Phi) is 4.26. The van der Waals surface area contributed by atoms with E-state index in [-0.39, 0.29) is 17.2 Å². The number of amides is 1. The zero-order valence-electron chi connectivity index (χ0n) is 12.5. The Labute approximate surface area is 124 Å². The number of carbonyl (C=O) groups is 1. The molecule has 0 aliphatic carbocycles. The molecule has 0 aromatic heterocycles. The first kappa shape index (κ1) is 15.0. The maximum Gasteiger partial charge on any atom is 0.254 e. The molecule has 0 aliphatic heterocycles. The van der Waals surface area contributed by atoms with Gasteiger partial charge in [0, 0.05) is 24.8 Å². The number of hydrogen-bond acceptors (Lipinski definition) is 2. The average Bonchev–Trinajstić information content (AvgIpc) is 2.40. The standard InChI is InChI=1S/C17H19FN2O/c1-11-4-5-13(12(2)6-11)10-20(3)17(21)14-7-15(18)9-16(19)8-14/h4-9H,10,19H2,1-3H3. The molecular formula is C17H19FN2O. The van der Waals surface area contributed by atoms with Gasteiger partial charge >= 0.3 is 0 Å². The predicted molar refractivity (Wildman–Crippen MR) is 82.5 cm³/mol. The molecule has 2 aromatic rings. The van der Waals surface area contributed by atoms with Crippen molar-refractivity contribution in [3.05, 3.63) is 64.5 Å². The Balaban J connectivity index is 2.19. The second-order valence-corrected chi connectivity index (χ2v) is 5.36. The zero-order valence-corrected chi connectivity index (χ0v) is 12.5. The molecule has 0 heterocycles. The number of benzene rings is 2. The summed E-state index contributed by atoms with van der Waals surface area (Å²) in [5.41, 5.74) is 9.48. The van der Waals surface area contributed by atoms with E-state index in [1.54, 1.807) is 11.9 Å². The summed E-state index contributed by atoms with van der Waals surface area (Å²) >= 11 is 0. The third-order valence-electron chi connectivity index (χ3n) is 3.42. The summed E-state index contributed by atoms with van der Waals surface area (Å²) in [5.74, 6) is -0.751. The van der Waals surface area contributed by atoms with Gasteiger partial charge in [-0.1, -0.05) is 23.8 Å². The number of halogens is 1. The van der Waals surface area contributed by atoms with Gasteiger partial charge in [0.25, 0.3) is 5.91 Å². The van der Waals surface area contributed by atoms with Gasteiger partial charge in [-0.2, -0.15) is 0 Å². The van der Waals surface area contributed by atoms with Crippen molar-refractivity contribution in [1.29, 1.82) is 0 Å². The molecule has 0 spiro atoms. The molecule has 2 aromatic carbocycles. The molecule has 0 radical (unpaired) electrons. The SMILES string of the molecule is Cc1ccc(CN(C)C(=O)c2cc(N)cc(F)c2)c(C)c1. The highest BCUT2D eigenvalue weighted by atomic mass is 19.1. The average molecular weight is 286 g/mol. The predicted octanol–water partition coefficient (Wildman–Crippen LogP) is 3.30. The molecule has 0 bridgehead atoms. The second-order valence-electron chi connectivity index (χ2n) is 5.36. The number of hydrogen-bond donors (Lipinski definition) is 1. The van der Waals surface area contributed by atoms with Crippen LogP contribution in [-0.2, 0) is 6.54 Å². The number of rotatable bonds is 3. The van der Waals surface area contributed by atoms with E-state index in [2.05, 4.69) is 6.07 Å². The molecule has 110 valence electrons. The van der Waals surface area contributed by atoms with Crippen molar-refractivity contribution < 1.29 is 9.18 Å². The summed E-state index contributed by atoms with van der Waals surface area (Å²) in [6.45, 7) is 4.52. The van der Waals surface area contributed by atoms with Gasteiger partial charge in [0.15, 0.2) is 0 Å². The minimum absolute atomic E-state index is 0.248. The van der Waals surface area contributed by atoms with Crippen molar-refractivity contribution in [2.24, 2.45) is 0 Å². The number of nitrogens with zero attached hydrogens (tertiary/aromatic N) is 1. The molecule has 0 fully saturated rings. The van der Waals surface area contributed by atoms with E-state index in [0.29, 0.717) is 6.54 Å². The van der Waals surface area contributed by atoms with Gasteiger partial charge in [0.1, 0.15) is 5.82 Å². The van der Waals surface area contributed by atoms with Crippen molar-refractivity contribution >= 4 is 11.6 Å². The number of nitrogen functional groups attached to an aromatic ring is 1. The molecule has 0 saturated heterocycles. The maximum atomic E-state index is 13.3. The van der Waals surface area contributed by atoms with Crippen LogP contribution in [0.5, 0.6) is 0 Å². The van der Waals surface area contributed by atoms with Crippen LogP contribution in [0, 0.1) is 19.7 Å². The highest BCUT2D eigenvalue weighted by Crippen LogP contribution is 2.16. The molecule has 0 aliphatic rings. The van der Waals surface area contributed by atoms with Crippen LogP contribution in [0.2, 0.25) is 0 Å². The van der Waals surface area contributed by atoms with Gasteiger partial charge in [-0.05, 0) is 43.2 Å². The lowest BCUT2D eigenvalue weighted by atomic mass is 10.1. The van der Waals surface area contributed by atoms with Crippen LogP contribution < -0.4 is 5.73 Å². The Morgan fingerprint density at radius 1 is 1.19 bits per heavy atom. The molecule has 2 N–H and O–H groups in total. The fraction of sp³-hybridized carbons (Fsp3) is 0.235. The molecule has 4 heteroatoms. The minimum atomic E-state index is -0.502. The van der Waals surface area contributed by atoms with E-state index in [9.17, 15) is 9.18 Å². The van der Waals surface area contributed by atoms with Crippen molar-refractivity contribution in [3.8, 4) is 0 Å². The van der Waals surface area contributed by atoms with E-state index < -0.39 is 5.82 Å². The topological polar surface area (TPSA) is 46.3 Å².